The molecule has 1 aliphatic heterocycles. The lowest BCUT2D eigenvalue weighted by Gasteiger charge is -2.31. The summed E-state index contributed by atoms with van der Waals surface area (Å²) >= 11 is 0. The highest BCUT2D eigenvalue weighted by Crippen LogP contribution is 2.43. The van der Waals surface area contributed by atoms with Crippen LogP contribution in [0.25, 0.3) is 5.69 Å². The highest BCUT2D eigenvalue weighted by Gasteiger charge is 2.38. The first-order valence-corrected chi connectivity index (χ1v) is 9.32. The third-order valence-corrected chi connectivity index (χ3v) is 5.45. The molecule has 0 unspecified atom stereocenters. The number of rotatable bonds is 2. The minimum Gasteiger partial charge on any atom is -0.343 e. The van der Waals surface area contributed by atoms with Crippen molar-refractivity contribution in [2.45, 2.75) is 25.2 Å². The summed E-state index contributed by atoms with van der Waals surface area (Å²) in [7, 11) is 0. The number of para-hydroxylation sites is 1. The van der Waals surface area contributed by atoms with Crippen molar-refractivity contribution in [2.75, 3.05) is 5.32 Å². The van der Waals surface area contributed by atoms with Gasteiger partial charge in [-0.2, -0.15) is 0 Å². The Kier molecular flexibility index (Phi) is 3.79. The number of aromatic amines is 1. The first-order chi connectivity index (χ1) is 13.6. The summed E-state index contributed by atoms with van der Waals surface area (Å²) in [5.74, 6) is -0.219. The maximum atomic E-state index is 13.5. The van der Waals surface area contributed by atoms with E-state index in [0.717, 1.165) is 24.1 Å². The molecule has 0 amide bonds. The molecule has 6 heteroatoms. The zero-order valence-corrected chi connectivity index (χ0v) is 15.0. The van der Waals surface area contributed by atoms with Gasteiger partial charge in [-0.1, -0.05) is 30.3 Å². The molecule has 2 aromatic carbocycles. The van der Waals surface area contributed by atoms with E-state index in [-0.39, 0.29) is 17.2 Å². The Labute approximate surface area is 160 Å². The van der Waals surface area contributed by atoms with Crippen molar-refractivity contribution in [3.63, 3.8) is 0 Å². The largest absolute Gasteiger partial charge is 0.343 e. The fourth-order valence-corrected chi connectivity index (χ4v) is 4.18. The molecule has 5 rings (SSSR count). The standard InChI is InChI=1S/C22H18FN3O2/c23-14-11-9-13(10-12-14)18-19-16(7-4-8-17(19)27)24-21-20(18)22(28)26(25-21)15-5-2-1-3-6-15/h1-3,5-6,9-12,18,24-25H,4,7-8H2/t18-/m0/s1. The average molecular weight is 375 g/mol. The summed E-state index contributed by atoms with van der Waals surface area (Å²) in [4.78, 5) is 26.1. The first kappa shape index (κ1) is 16.7. The summed E-state index contributed by atoms with van der Waals surface area (Å²) in [5.41, 5.74) is 3.20. The smallest absolute Gasteiger partial charge is 0.277 e. The van der Waals surface area contributed by atoms with E-state index in [2.05, 4.69) is 10.4 Å². The van der Waals surface area contributed by atoms with E-state index in [9.17, 15) is 14.0 Å². The van der Waals surface area contributed by atoms with Gasteiger partial charge < -0.3 is 5.32 Å². The number of anilines is 1. The number of hydrogen-bond acceptors (Lipinski definition) is 3. The van der Waals surface area contributed by atoms with Crippen molar-refractivity contribution in [1.82, 2.24) is 9.78 Å². The number of H-pyrrole nitrogens is 1. The van der Waals surface area contributed by atoms with E-state index in [0.29, 0.717) is 29.1 Å². The van der Waals surface area contributed by atoms with Crippen LogP contribution in [0, 0.1) is 5.82 Å². The molecule has 0 spiro atoms. The quantitative estimate of drug-likeness (QED) is 0.715. The number of nitrogens with one attached hydrogen (secondary N) is 2. The minimum atomic E-state index is -0.506. The van der Waals surface area contributed by atoms with Crippen molar-refractivity contribution >= 4 is 11.6 Å². The molecule has 28 heavy (non-hydrogen) atoms. The lowest BCUT2D eigenvalue weighted by atomic mass is 9.77. The predicted molar refractivity (Wildman–Crippen MR) is 104 cm³/mol. The maximum Gasteiger partial charge on any atom is 0.277 e. The average Bonchev–Trinajstić information content (AvgIpc) is 3.04. The van der Waals surface area contributed by atoms with Crippen LogP contribution in [0.15, 0.2) is 70.7 Å². The van der Waals surface area contributed by atoms with Gasteiger partial charge in [0.05, 0.1) is 11.3 Å². The second-order valence-electron chi connectivity index (χ2n) is 7.16. The van der Waals surface area contributed by atoms with Crippen molar-refractivity contribution in [3.05, 3.63) is 93.2 Å². The first-order valence-electron chi connectivity index (χ1n) is 9.32. The number of carbonyl (C=O) groups is 1. The molecular formula is C22H18FN3O2. The van der Waals surface area contributed by atoms with Crippen molar-refractivity contribution < 1.29 is 9.18 Å². The SMILES string of the molecule is O=C1CCCC2=C1[C@H](c1ccc(F)cc1)c1c([nH]n(-c3ccccc3)c1=O)N2. The third kappa shape index (κ3) is 2.52. The minimum absolute atomic E-state index is 0.0422. The Morgan fingerprint density at radius 1 is 0.964 bits per heavy atom. The van der Waals surface area contributed by atoms with Gasteiger partial charge in [0.15, 0.2) is 5.78 Å². The van der Waals surface area contributed by atoms with Gasteiger partial charge in [0.2, 0.25) is 0 Å². The van der Waals surface area contributed by atoms with E-state index >= 15 is 0 Å². The lowest BCUT2D eigenvalue weighted by Crippen LogP contribution is -2.29. The molecule has 5 nitrogen and oxygen atoms in total. The molecular weight excluding hydrogens is 357 g/mol. The van der Waals surface area contributed by atoms with E-state index in [1.165, 1.54) is 16.8 Å². The van der Waals surface area contributed by atoms with Crippen LogP contribution in [0.4, 0.5) is 10.2 Å². The van der Waals surface area contributed by atoms with Gasteiger partial charge >= 0.3 is 0 Å². The summed E-state index contributed by atoms with van der Waals surface area (Å²) < 4.78 is 15.0. The van der Waals surface area contributed by atoms with Gasteiger partial charge in [-0.3, -0.25) is 14.7 Å². The number of benzene rings is 2. The predicted octanol–water partition coefficient (Wildman–Crippen LogP) is 3.87. The Morgan fingerprint density at radius 2 is 1.71 bits per heavy atom. The van der Waals surface area contributed by atoms with Crippen molar-refractivity contribution in [2.24, 2.45) is 0 Å². The van der Waals surface area contributed by atoms with Crippen LogP contribution in [0.1, 0.15) is 36.3 Å². The molecule has 0 saturated heterocycles. The number of Topliss-reactive ketones (excluding diaryl/α,β-unsaturated/α-hetero) is 1. The number of allylic oxidation sites excluding steroid dienone is 2. The molecule has 3 aromatic rings. The van der Waals surface area contributed by atoms with E-state index in [4.69, 9.17) is 0 Å². The van der Waals surface area contributed by atoms with Crippen molar-refractivity contribution in [1.29, 1.82) is 0 Å². The second-order valence-corrected chi connectivity index (χ2v) is 7.16. The molecule has 0 radical (unpaired) electrons. The van der Waals surface area contributed by atoms with Gasteiger partial charge in [0.1, 0.15) is 11.6 Å². The number of aromatic nitrogens is 2. The van der Waals surface area contributed by atoms with Crippen molar-refractivity contribution in [3.8, 4) is 5.69 Å². The fourth-order valence-electron chi connectivity index (χ4n) is 4.18. The molecule has 0 saturated carbocycles. The number of carbonyl (C=O) groups excluding carboxylic acids is 1. The molecule has 0 bridgehead atoms. The highest BCUT2D eigenvalue weighted by molar-refractivity contribution is 6.00. The number of ketones is 1. The number of fused-ring (bicyclic) bond motifs is 1. The van der Waals surface area contributed by atoms with Crippen LogP contribution < -0.4 is 10.9 Å². The zero-order chi connectivity index (χ0) is 19.3. The van der Waals surface area contributed by atoms with Crippen LogP contribution in [0.5, 0.6) is 0 Å². The van der Waals surface area contributed by atoms with Crippen LogP contribution in [-0.2, 0) is 4.79 Å². The summed E-state index contributed by atoms with van der Waals surface area (Å²) in [5, 5.41) is 6.43. The zero-order valence-electron chi connectivity index (χ0n) is 15.0. The fraction of sp³-hybridized carbons (Fsp3) is 0.182. The second kappa shape index (κ2) is 6.34. The number of hydrogen-bond donors (Lipinski definition) is 2. The molecule has 140 valence electrons. The van der Waals surface area contributed by atoms with Crippen LogP contribution in [-0.4, -0.2) is 15.6 Å². The van der Waals surface area contributed by atoms with Crippen LogP contribution in [0.3, 0.4) is 0 Å². The van der Waals surface area contributed by atoms with Gasteiger partial charge in [-0.05, 0) is 42.7 Å². The monoisotopic (exact) mass is 375 g/mol. The number of halogens is 1. The summed E-state index contributed by atoms with van der Waals surface area (Å²) in [6.07, 6.45) is 1.99. The molecule has 1 atom stereocenters. The van der Waals surface area contributed by atoms with Crippen LogP contribution >= 0.6 is 0 Å². The summed E-state index contributed by atoms with van der Waals surface area (Å²) in [6, 6.07) is 15.3. The molecule has 1 aromatic heterocycles. The highest BCUT2D eigenvalue weighted by atomic mass is 19.1. The normalized spacial score (nSPS) is 18.5. The number of nitrogens with zero attached hydrogens (tertiary/aromatic N) is 1. The third-order valence-electron chi connectivity index (χ3n) is 5.45. The van der Waals surface area contributed by atoms with E-state index < -0.39 is 5.92 Å². The van der Waals surface area contributed by atoms with Gasteiger partial charge in [-0.25, -0.2) is 9.07 Å². The van der Waals surface area contributed by atoms with E-state index in [1.54, 1.807) is 12.1 Å². The Hall–Kier alpha value is -3.41. The Bertz CT molecular complexity index is 1160. The lowest BCUT2D eigenvalue weighted by molar-refractivity contribution is -0.116. The van der Waals surface area contributed by atoms with Gasteiger partial charge in [-0.15, -0.1) is 0 Å². The Balaban J connectivity index is 1.75. The van der Waals surface area contributed by atoms with E-state index in [1.807, 2.05) is 30.3 Å². The molecule has 2 N–H and O–H groups in total. The molecule has 2 aliphatic rings. The van der Waals surface area contributed by atoms with Gasteiger partial charge in [0, 0.05) is 23.6 Å². The Morgan fingerprint density at radius 3 is 2.46 bits per heavy atom. The summed E-state index contributed by atoms with van der Waals surface area (Å²) in [6.45, 7) is 0. The molecule has 1 aliphatic carbocycles. The maximum absolute atomic E-state index is 13.5. The van der Waals surface area contributed by atoms with Crippen LogP contribution in [0.2, 0.25) is 0 Å². The van der Waals surface area contributed by atoms with Gasteiger partial charge in [0.25, 0.3) is 5.56 Å². The molecule has 0 fully saturated rings. The molecule has 2 heterocycles. The topological polar surface area (TPSA) is 66.9 Å².